The van der Waals surface area contributed by atoms with Gasteiger partial charge in [-0.15, -0.1) is 0 Å². The summed E-state index contributed by atoms with van der Waals surface area (Å²) in [5.74, 6) is 0. The monoisotopic (exact) mass is 261 g/mol. The fraction of sp³-hybridized carbons (Fsp3) is 0.625. The highest BCUT2D eigenvalue weighted by Gasteiger charge is 2.27. The average molecular weight is 262 g/mol. The minimum Gasteiger partial charge on any atom is -0.329 e. The Hall–Kier alpha value is 0.0300. The van der Waals surface area contributed by atoms with Crippen LogP contribution in [0, 0.1) is 0 Å². The Labute approximate surface area is 90.2 Å². The van der Waals surface area contributed by atoms with Gasteiger partial charge in [0.15, 0.2) is 0 Å². The smallest absolute Gasteiger partial charge is 0.0552 e. The van der Waals surface area contributed by atoms with Crippen molar-refractivity contribution in [1.82, 2.24) is 9.27 Å². The highest BCUT2D eigenvalue weighted by atomic mass is 79.9. The fourth-order valence-electron chi connectivity index (χ4n) is 1.51. The van der Waals surface area contributed by atoms with Crippen molar-refractivity contribution in [3.8, 4) is 0 Å². The van der Waals surface area contributed by atoms with Gasteiger partial charge in [0.1, 0.15) is 0 Å². The number of hydrogen-bond acceptors (Lipinski definition) is 4. The maximum atomic E-state index is 5.63. The molecular weight excluding hydrogens is 250 g/mol. The molecule has 0 bridgehead atoms. The van der Waals surface area contributed by atoms with Gasteiger partial charge in [-0.25, -0.2) is 0 Å². The second-order valence-electron chi connectivity index (χ2n) is 3.25. The summed E-state index contributed by atoms with van der Waals surface area (Å²) in [4.78, 5) is 3.70. The predicted molar refractivity (Wildman–Crippen MR) is 57.7 cm³/mol. The molecule has 0 saturated carbocycles. The van der Waals surface area contributed by atoms with Gasteiger partial charge in [-0.3, -0.25) is 4.90 Å². The Balaban J connectivity index is 1.95. The zero-order chi connectivity index (χ0) is 9.26. The average Bonchev–Trinajstić information content (AvgIpc) is 2.46. The van der Waals surface area contributed by atoms with Crippen LogP contribution in [0.3, 0.4) is 0 Å². The molecule has 2 heterocycles. The third-order valence-electron chi connectivity index (χ3n) is 2.48. The molecule has 2 N–H and O–H groups in total. The van der Waals surface area contributed by atoms with E-state index in [0.717, 1.165) is 17.6 Å². The summed E-state index contributed by atoms with van der Waals surface area (Å²) < 4.78 is 5.25. The van der Waals surface area contributed by atoms with Crippen LogP contribution in [0.5, 0.6) is 0 Å². The maximum absolute atomic E-state index is 5.63. The second kappa shape index (κ2) is 4.04. The van der Waals surface area contributed by atoms with Crippen LogP contribution in [-0.4, -0.2) is 28.4 Å². The lowest BCUT2D eigenvalue weighted by atomic mass is 10.0. The van der Waals surface area contributed by atoms with Crippen LogP contribution < -0.4 is 5.73 Å². The van der Waals surface area contributed by atoms with Crippen molar-refractivity contribution in [2.24, 2.45) is 5.73 Å². The van der Waals surface area contributed by atoms with Crippen molar-refractivity contribution in [2.45, 2.75) is 19.0 Å². The van der Waals surface area contributed by atoms with Crippen LogP contribution >= 0.6 is 27.5 Å². The molecule has 1 atom stereocenters. The van der Waals surface area contributed by atoms with Gasteiger partial charge in [-0.2, -0.15) is 4.37 Å². The van der Waals surface area contributed by atoms with E-state index in [4.69, 9.17) is 5.73 Å². The molecule has 1 saturated heterocycles. The summed E-state index contributed by atoms with van der Waals surface area (Å²) in [7, 11) is 0. The lowest BCUT2D eigenvalue weighted by Gasteiger charge is -2.40. The largest absolute Gasteiger partial charge is 0.329 e. The first kappa shape index (κ1) is 9.58. The third-order valence-corrected chi connectivity index (χ3v) is 4.21. The zero-order valence-electron chi connectivity index (χ0n) is 7.24. The number of hydrogen-bond donors (Lipinski definition) is 1. The van der Waals surface area contributed by atoms with Crippen LogP contribution in [-0.2, 0) is 6.54 Å². The molecule has 1 aliphatic heterocycles. The molecule has 13 heavy (non-hydrogen) atoms. The van der Waals surface area contributed by atoms with E-state index >= 15 is 0 Å². The first-order valence-electron chi connectivity index (χ1n) is 4.34. The Morgan fingerprint density at radius 2 is 2.62 bits per heavy atom. The van der Waals surface area contributed by atoms with E-state index in [1.165, 1.54) is 17.8 Å². The molecule has 0 radical (unpaired) electrons. The summed E-state index contributed by atoms with van der Waals surface area (Å²) in [6, 6.07) is 0.592. The molecule has 1 aromatic rings. The number of halogens is 1. The fourth-order valence-corrected chi connectivity index (χ4v) is 2.74. The topological polar surface area (TPSA) is 42.1 Å². The summed E-state index contributed by atoms with van der Waals surface area (Å²) >= 11 is 5.04. The van der Waals surface area contributed by atoms with E-state index in [2.05, 4.69) is 25.2 Å². The lowest BCUT2D eigenvalue weighted by Crippen LogP contribution is -2.50. The normalized spacial score (nSPS) is 23.1. The zero-order valence-corrected chi connectivity index (χ0v) is 9.64. The third kappa shape index (κ3) is 1.93. The van der Waals surface area contributed by atoms with Crippen LogP contribution in [0.2, 0.25) is 0 Å². The predicted octanol–water partition coefficient (Wildman–Crippen LogP) is 1.44. The van der Waals surface area contributed by atoms with Gasteiger partial charge in [0.2, 0.25) is 0 Å². The SMILES string of the molecule is NCC1CCN1Cc1sncc1Br. The highest BCUT2D eigenvalue weighted by molar-refractivity contribution is 9.10. The molecule has 0 amide bonds. The Bertz CT molecular complexity index is 287. The minimum atomic E-state index is 0.592. The van der Waals surface area contributed by atoms with E-state index in [-0.39, 0.29) is 0 Å². The van der Waals surface area contributed by atoms with Gasteiger partial charge in [-0.05, 0) is 33.9 Å². The molecule has 0 aromatic carbocycles. The molecule has 0 spiro atoms. The van der Waals surface area contributed by atoms with Crippen molar-refractivity contribution in [3.63, 3.8) is 0 Å². The van der Waals surface area contributed by atoms with Crippen LogP contribution in [0.15, 0.2) is 10.7 Å². The van der Waals surface area contributed by atoms with Gasteiger partial charge in [-0.1, -0.05) is 0 Å². The van der Waals surface area contributed by atoms with Crippen LogP contribution in [0.4, 0.5) is 0 Å². The first-order valence-corrected chi connectivity index (χ1v) is 5.91. The number of rotatable bonds is 3. The van der Waals surface area contributed by atoms with Crippen molar-refractivity contribution >= 4 is 27.5 Å². The molecule has 0 aliphatic carbocycles. The van der Waals surface area contributed by atoms with Crippen LogP contribution in [0.25, 0.3) is 0 Å². The van der Waals surface area contributed by atoms with Crippen molar-refractivity contribution in [3.05, 3.63) is 15.5 Å². The van der Waals surface area contributed by atoms with Gasteiger partial charge in [0, 0.05) is 25.7 Å². The quantitative estimate of drug-likeness (QED) is 0.896. The molecule has 1 aliphatic rings. The Kier molecular flexibility index (Phi) is 2.98. The summed E-state index contributed by atoms with van der Waals surface area (Å²) in [5, 5.41) is 0. The molecule has 2 rings (SSSR count). The molecule has 1 fully saturated rings. The number of aromatic nitrogens is 1. The van der Waals surface area contributed by atoms with Crippen molar-refractivity contribution < 1.29 is 0 Å². The minimum absolute atomic E-state index is 0.592. The van der Waals surface area contributed by atoms with Gasteiger partial charge < -0.3 is 5.73 Å². The van der Waals surface area contributed by atoms with E-state index in [0.29, 0.717) is 6.04 Å². The maximum Gasteiger partial charge on any atom is 0.0552 e. The molecule has 1 unspecified atom stereocenters. The molecule has 5 heteroatoms. The van der Waals surface area contributed by atoms with E-state index in [1.807, 2.05) is 6.20 Å². The Morgan fingerprint density at radius 1 is 1.77 bits per heavy atom. The second-order valence-corrected chi connectivity index (χ2v) is 4.99. The number of nitrogens with two attached hydrogens (primary N) is 1. The standard InChI is InChI=1S/C8H12BrN3S/c9-7-4-11-13-8(7)5-12-2-1-6(12)3-10/h4,6H,1-3,5,10H2. The van der Waals surface area contributed by atoms with E-state index in [9.17, 15) is 0 Å². The molecule has 1 aromatic heterocycles. The number of nitrogens with zero attached hydrogens (tertiary/aromatic N) is 2. The van der Waals surface area contributed by atoms with Crippen LogP contribution in [0.1, 0.15) is 11.3 Å². The van der Waals surface area contributed by atoms with Gasteiger partial charge >= 0.3 is 0 Å². The van der Waals surface area contributed by atoms with Crippen molar-refractivity contribution in [1.29, 1.82) is 0 Å². The summed E-state index contributed by atoms with van der Waals surface area (Å²) in [5.41, 5.74) is 5.63. The number of likely N-dealkylation sites (tertiary alicyclic amines) is 1. The van der Waals surface area contributed by atoms with E-state index < -0.39 is 0 Å². The van der Waals surface area contributed by atoms with E-state index in [1.54, 1.807) is 11.5 Å². The highest BCUT2D eigenvalue weighted by Crippen LogP contribution is 2.26. The summed E-state index contributed by atoms with van der Waals surface area (Å²) in [6.45, 7) is 2.94. The van der Waals surface area contributed by atoms with Crippen molar-refractivity contribution in [2.75, 3.05) is 13.1 Å². The molecule has 3 nitrogen and oxygen atoms in total. The summed E-state index contributed by atoms with van der Waals surface area (Å²) in [6.07, 6.45) is 3.10. The van der Waals surface area contributed by atoms with Gasteiger partial charge in [0.05, 0.1) is 15.5 Å². The first-order chi connectivity index (χ1) is 6.31. The Morgan fingerprint density at radius 3 is 3.08 bits per heavy atom. The molecular formula is C8H12BrN3S. The molecule has 72 valence electrons. The van der Waals surface area contributed by atoms with Gasteiger partial charge in [0.25, 0.3) is 0 Å². The lowest BCUT2D eigenvalue weighted by molar-refractivity contribution is 0.0892.